The zero-order valence-corrected chi connectivity index (χ0v) is 11.8. The second-order valence-corrected chi connectivity index (χ2v) is 5.51. The molecule has 7 N–H and O–H groups in total. The molecule has 2 heterocycles. The maximum atomic E-state index is 9.83. The third-order valence-corrected chi connectivity index (χ3v) is 3.93. The summed E-state index contributed by atoms with van der Waals surface area (Å²) in [6, 6.07) is 0. The molecule has 10 nitrogen and oxygen atoms in total. The van der Waals surface area contributed by atoms with Crippen molar-refractivity contribution in [3.63, 3.8) is 0 Å². The Bertz CT molecular complexity index is 366. The minimum Gasteiger partial charge on any atom is -0.394 e. The third-order valence-electron chi connectivity index (χ3n) is 3.93. The topological polar surface area (TPSA) is 169 Å². The summed E-state index contributed by atoms with van der Waals surface area (Å²) in [5.74, 6) is 0. The van der Waals surface area contributed by atoms with Crippen molar-refractivity contribution in [2.24, 2.45) is 0 Å². The molecule has 0 spiro atoms. The fourth-order valence-corrected chi connectivity index (χ4v) is 2.44. The summed E-state index contributed by atoms with van der Waals surface area (Å²) in [6.45, 7) is 0.819. The first-order valence-corrected chi connectivity index (χ1v) is 6.93. The lowest BCUT2D eigenvalue weighted by Gasteiger charge is -2.44. The second kappa shape index (κ2) is 7.01. The van der Waals surface area contributed by atoms with Gasteiger partial charge in [0.25, 0.3) is 0 Å². The summed E-state index contributed by atoms with van der Waals surface area (Å²) in [5.41, 5.74) is 0. The van der Waals surface area contributed by atoms with Gasteiger partial charge in [-0.3, -0.25) is 0 Å². The van der Waals surface area contributed by atoms with Crippen molar-refractivity contribution in [2.45, 2.75) is 68.3 Å². The van der Waals surface area contributed by atoms with E-state index in [2.05, 4.69) is 0 Å². The Labute approximate surface area is 126 Å². The molecule has 130 valence electrons. The highest BCUT2D eigenvalue weighted by Crippen LogP contribution is 2.27. The molecular formula is C12H22O10. The fourth-order valence-electron chi connectivity index (χ4n) is 2.44. The lowest BCUT2D eigenvalue weighted by Crippen LogP contribution is -2.63. The van der Waals surface area contributed by atoms with E-state index >= 15 is 0 Å². The van der Waals surface area contributed by atoms with Crippen molar-refractivity contribution in [1.29, 1.82) is 0 Å². The molecule has 0 aromatic heterocycles. The van der Waals surface area contributed by atoms with Crippen LogP contribution >= 0.6 is 0 Å². The average molecular weight is 326 g/mol. The molecule has 2 saturated heterocycles. The Morgan fingerprint density at radius 2 is 1.23 bits per heavy atom. The molecule has 0 radical (unpaired) electrons. The molecular weight excluding hydrogens is 304 g/mol. The second-order valence-electron chi connectivity index (χ2n) is 5.51. The standard InChI is InChI=1S/C12H22O10/c1-3-5(14)7(16)9(18)11(20-3)22-12-10(19)8(17)6(15)4(2-13)21-12/h3-19H,2H2,1H3/t3-,4-,5+,6-,7+,8+,9-,10-,11-,12-/m1/s1. The van der Waals surface area contributed by atoms with Crippen molar-refractivity contribution in [3.05, 3.63) is 0 Å². The summed E-state index contributed by atoms with van der Waals surface area (Å²) in [6.07, 6.45) is -14.3. The minimum atomic E-state index is -1.66. The first-order valence-electron chi connectivity index (χ1n) is 6.93. The van der Waals surface area contributed by atoms with E-state index in [0.717, 1.165) is 0 Å². The molecule has 0 aromatic rings. The number of rotatable bonds is 3. The van der Waals surface area contributed by atoms with Gasteiger partial charge in [0.1, 0.15) is 42.7 Å². The van der Waals surface area contributed by atoms with Gasteiger partial charge < -0.3 is 50.0 Å². The van der Waals surface area contributed by atoms with Gasteiger partial charge in [0.2, 0.25) is 0 Å². The molecule has 0 aromatic carbocycles. The number of ether oxygens (including phenoxy) is 3. The Hall–Kier alpha value is -0.400. The summed E-state index contributed by atoms with van der Waals surface area (Å²) in [5, 5.41) is 67.3. The van der Waals surface area contributed by atoms with Crippen LogP contribution in [0, 0.1) is 0 Å². The van der Waals surface area contributed by atoms with Gasteiger partial charge in [-0.05, 0) is 6.92 Å². The van der Waals surface area contributed by atoms with Crippen LogP contribution in [0.25, 0.3) is 0 Å². The van der Waals surface area contributed by atoms with Crippen LogP contribution in [-0.2, 0) is 14.2 Å². The molecule has 0 unspecified atom stereocenters. The normalized spacial score (nSPS) is 53.5. The van der Waals surface area contributed by atoms with Crippen LogP contribution in [0.1, 0.15) is 6.92 Å². The van der Waals surface area contributed by atoms with E-state index in [-0.39, 0.29) is 0 Å². The first kappa shape index (κ1) is 17.9. The number of aliphatic hydroxyl groups excluding tert-OH is 7. The quantitative estimate of drug-likeness (QED) is 0.269. The molecule has 0 aliphatic carbocycles. The summed E-state index contributed by atoms with van der Waals surface area (Å²) < 4.78 is 15.5. The molecule has 2 aliphatic rings. The largest absolute Gasteiger partial charge is 0.394 e. The minimum absolute atomic E-state index is 0.628. The Kier molecular flexibility index (Phi) is 5.72. The monoisotopic (exact) mass is 326 g/mol. The molecule has 2 fully saturated rings. The number of aliphatic hydroxyl groups is 7. The van der Waals surface area contributed by atoms with Crippen molar-refractivity contribution in [2.75, 3.05) is 6.61 Å². The van der Waals surface area contributed by atoms with E-state index < -0.39 is 68.0 Å². The molecule has 22 heavy (non-hydrogen) atoms. The van der Waals surface area contributed by atoms with Gasteiger partial charge in [0, 0.05) is 0 Å². The van der Waals surface area contributed by atoms with Crippen LogP contribution in [0.3, 0.4) is 0 Å². The van der Waals surface area contributed by atoms with Gasteiger partial charge in [0.15, 0.2) is 12.6 Å². The molecule has 2 rings (SSSR count). The van der Waals surface area contributed by atoms with E-state index in [9.17, 15) is 30.6 Å². The summed E-state index contributed by atoms with van der Waals surface area (Å²) >= 11 is 0. The zero-order valence-electron chi connectivity index (χ0n) is 11.8. The predicted molar refractivity (Wildman–Crippen MR) is 67.2 cm³/mol. The van der Waals surface area contributed by atoms with E-state index in [4.69, 9.17) is 19.3 Å². The first-order chi connectivity index (χ1) is 10.3. The highest BCUT2D eigenvalue weighted by molar-refractivity contribution is 4.91. The van der Waals surface area contributed by atoms with Crippen molar-refractivity contribution in [3.8, 4) is 0 Å². The number of hydrogen-bond acceptors (Lipinski definition) is 10. The Balaban J connectivity index is 2.05. The molecule has 2 aliphatic heterocycles. The van der Waals surface area contributed by atoms with Gasteiger partial charge in [-0.1, -0.05) is 0 Å². The van der Waals surface area contributed by atoms with Gasteiger partial charge in [0.05, 0.1) is 12.7 Å². The predicted octanol–water partition coefficient (Wildman–Crippen LogP) is -4.37. The highest BCUT2D eigenvalue weighted by atomic mass is 16.8. The van der Waals surface area contributed by atoms with Crippen LogP contribution in [0.5, 0.6) is 0 Å². The summed E-state index contributed by atoms with van der Waals surface area (Å²) in [7, 11) is 0. The Morgan fingerprint density at radius 1 is 0.727 bits per heavy atom. The molecule has 0 saturated carbocycles. The molecule has 10 heteroatoms. The van der Waals surface area contributed by atoms with Gasteiger partial charge >= 0.3 is 0 Å². The molecule has 0 amide bonds. The molecule has 10 atom stereocenters. The Morgan fingerprint density at radius 3 is 1.77 bits per heavy atom. The fraction of sp³-hybridized carbons (Fsp3) is 1.00. The average Bonchev–Trinajstić information content (AvgIpc) is 2.50. The van der Waals surface area contributed by atoms with Crippen molar-refractivity contribution in [1.82, 2.24) is 0 Å². The van der Waals surface area contributed by atoms with Gasteiger partial charge in [-0.25, -0.2) is 0 Å². The van der Waals surface area contributed by atoms with Gasteiger partial charge in [-0.2, -0.15) is 0 Å². The van der Waals surface area contributed by atoms with Gasteiger partial charge in [-0.15, -0.1) is 0 Å². The van der Waals surface area contributed by atoms with Crippen LogP contribution in [0.15, 0.2) is 0 Å². The van der Waals surface area contributed by atoms with E-state index in [1.165, 1.54) is 6.92 Å². The van der Waals surface area contributed by atoms with E-state index in [1.54, 1.807) is 0 Å². The lowest BCUT2D eigenvalue weighted by atomic mass is 9.98. The SMILES string of the molecule is C[C@H]1O[C@H](O[C@H]2O[C@H](CO)[C@@H](O)[C@H](O)[C@H]2O)[C@H](O)[C@@H](O)[C@H]1O. The number of hydrogen-bond donors (Lipinski definition) is 7. The third kappa shape index (κ3) is 3.26. The summed E-state index contributed by atoms with van der Waals surface area (Å²) in [4.78, 5) is 0. The highest BCUT2D eigenvalue weighted by Gasteiger charge is 2.48. The van der Waals surface area contributed by atoms with Crippen LogP contribution < -0.4 is 0 Å². The smallest absolute Gasteiger partial charge is 0.189 e. The van der Waals surface area contributed by atoms with Crippen LogP contribution in [0.2, 0.25) is 0 Å². The van der Waals surface area contributed by atoms with E-state index in [1.807, 2.05) is 0 Å². The van der Waals surface area contributed by atoms with Crippen LogP contribution in [0.4, 0.5) is 0 Å². The zero-order chi connectivity index (χ0) is 16.6. The maximum absolute atomic E-state index is 9.83. The van der Waals surface area contributed by atoms with Crippen molar-refractivity contribution >= 4 is 0 Å². The lowest BCUT2D eigenvalue weighted by molar-refractivity contribution is -0.373. The van der Waals surface area contributed by atoms with E-state index in [0.29, 0.717) is 0 Å². The van der Waals surface area contributed by atoms with Crippen LogP contribution in [-0.4, -0.2) is 104 Å². The molecule has 0 bridgehead atoms. The maximum Gasteiger partial charge on any atom is 0.189 e. The van der Waals surface area contributed by atoms with Crippen molar-refractivity contribution < 1.29 is 50.0 Å².